The van der Waals surface area contributed by atoms with Gasteiger partial charge < -0.3 is 9.64 Å². The van der Waals surface area contributed by atoms with Gasteiger partial charge in [-0.05, 0) is 17.5 Å². The normalized spacial score (nSPS) is 16.7. The maximum absolute atomic E-state index is 11.9. The highest BCUT2D eigenvalue weighted by Crippen LogP contribution is 2.15. The molecule has 0 unspecified atom stereocenters. The Hall–Kier alpha value is -1.88. The predicted octanol–water partition coefficient (Wildman–Crippen LogP) is 1.07. The highest BCUT2D eigenvalue weighted by molar-refractivity contribution is 5.78. The number of amides is 1. The number of carbonyl (C=O) groups is 2. The standard InChI is InChI=1S/C16H22N2O3/c1-17-8-5-9-18(12-15(17)19)11-14-7-4-3-6-13(14)10-16(20)21-2/h3-4,6-7H,5,8-12H2,1-2H3. The van der Waals surface area contributed by atoms with Gasteiger partial charge in [-0.15, -0.1) is 0 Å². The van der Waals surface area contributed by atoms with Gasteiger partial charge in [0.1, 0.15) is 0 Å². The van der Waals surface area contributed by atoms with E-state index in [2.05, 4.69) is 4.90 Å². The second-order valence-electron chi connectivity index (χ2n) is 5.40. The molecule has 0 saturated carbocycles. The minimum atomic E-state index is -0.242. The smallest absolute Gasteiger partial charge is 0.309 e. The Balaban J connectivity index is 2.08. The van der Waals surface area contributed by atoms with Crippen LogP contribution in [0.1, 0.15) is 17.5 Å². The molecule has 1 aliphatic heterocycles. The van der Waals surface area contributed by atoms with E-state index >= 15 is 0 Å². The first-order chi connectivity index (χ1) is 10.1. The number of benzene rings is 1. The van der Waals surface area contributed by atoms with Crippen LogP contribution in [0.4, 0.5) is 0 Å². The zero-order chi connectivity index (χ0) is 15.2. The summed E-state index contributed by atoms with van der Waals surface area (Å²) in [7, 11) is 3.24. The molecule has 0 aromatic heterocycles. The zero-order valence-electron chi connectivity index (χ0n) is 12.7. The zero-order valence-corrected chi connectivity index (χ0v) is 12.7. The lowest BCUT2D eigenvalue weighted by Gasteiger charge is -2.21. The Bertz CT molecular complexity index is 516. The first-order valence-electron chi connectivity index (χ1n) is 7.20. The first kappa shape index (κ1) is 15.5. The van der Waals surface area contributed by atoms with E-state index in [0.29, 0.717) is 13.1 Å². The molecular formula is C16H22N2O3. The van der Waals surface area contributed by atoms with Crippen LogP contribution in [-0.4, -0.2) is 55.5 Å². The van der Waals surface area contributed by atoms with E-state index in [1.54, 1.807) is 4.90 Å². The van der Waals surface area contributed by atoms with Gasteiger partial charge in [0, 0.05) is 26.7 Å². The van der Waals surface area contributed by atoms with E-state index in [1.807, 2.05) is 31.3 Å². The lowest BCUT2D eigenvalue weighted by molar-refractivity contribution is -0.139. The van der Waals surface area contributed by atoms with Gasteiger partial charge in [-0.25, -0.2) is 0 Å². The molecule has 21 heavy (non-hydrogen) atoms. The van der Waals surface area contributed by atoms with Gasteiger partial charge in [-0.2, -0.15) is 0 Å². The van der Waals surface area contributed by atoms with Crippen LogP contribution in [0.25, 0.3) is 0 Å². The van der Waals surface area contributed by atoms with Crippen molar-refractivity contribution in [3.63, 3.8) is 0 Å². The Kier molecular flexibility index (Phi) is 5.33. The number of carbonyl (C=O) groups excluding carboxylic acids is 2. The van der Waals surface area contributed by atoms with Crippen molar-refractivity contribution >= 4 is 11.9 Å². The molecule has 0 bridgehead atoms. The molecule has 0 N–H and O–H groups in total. The van der Waals surface area contributed by atoms with Crippen LogP contribution < -0.4 is 0 Å². The minimum Gasteiger partial charge on any atom is -0.469 e. The number of ether oxygens (including phenoxy) is 1. The number of hydrogen-bond donors (Lipinski definition) is 0. The summed E-state index contributed by atoms with van der Waals surface area (Å²) in [6, 6.07) is 7.83. The van der Waals surface area contributed by atoms with Gasteiger partial charge in [0.2, 0.25) is 5.91 Å². The van der Waals surface area contributed by atoms with Crippen LogP contribution in [0, 0.1) is 0 Å². The van der Waals surface area contributed by atoms with Crippen LogP contribution in [0.3, 0.4) is 0 Å². The molecule has 1 aromatic rings. The quantitative estimate of drug-likeness (QED) is 0.778. The number of likely N-dealkylation sites (N-methyl/N-ethyl adjacent to an activating group) is 1. The van der Waals surface area contributed by atoms with Crippen LogP contribution in [-0.2, 0) is 27.3 Å². The van der Waals surface area contributed by atoms with Gasteiger partial charge in [0.05, 0.1) is 20.1 Å². The minimum absolute atomic E-state index is 0.151. The van der Waals surface area contributed by atoms with Crippen molar-refractivity contribution in [1.82, 2.24) is 9.80 Å². The molecule has 0 spiro atoms. The average molecular weight is 290 g/mol. The van der Waals surface area contributed by atoms with Crippen molar-refractivity contribution in [2.45, 2.75) is 19.4 Å². The molecule has 114 valence electrons. The van der Waals surface area contributed by atoms with E-state index in [9.17, 15) is 9.59 Å². The topological polar surface area (TPSA) is 49.9 Å². The third-order valence-corrected chi connectivity index (χ3v) is 3.83. The van der Waals surface area contributed by atoms with Crippen LogP contribution >= 0.6 is 0 Å². The Morgan fingerprint density at radius 3 is 2.67 bits per heavy atom. The van der Waals surface area contributed by atoms with Gasteiger partial charge in [-0.1, -0.05) is 24.3 Å². The third kappa shape index (κ3) is 4.29. The predicted molar refractivity (Wildman–Crippen MR) is 79.7 cm³/mol. The van der Waals surface area contributed by atoms with Crippen LogP contribution in [0.2, 0.25) is 0 Å². The summed E-state index contributed by atoms with van der Waals surface area (Å²) in [5, 5.41) is 0. The summed E-state index contributed by atoms with van der Waals surface area (Å²) in [5.41, 5.74) is 2.05. The van der Waals surface area contributed by atoms with E-state index < -0.39 is 0 Å². The largest absolute Gasteiger partial charge is 0.469 e. The maximum atomic E-state index is 11.9. The summed E-state index contributed by atoms with van der Waals surface area (Å²) in [6.45, 7) is 2.82. The lowest BCUT2D eigenvalue weighted by atomic mass is 10.0. The van der Waals surface area contributed by atoms with Crippen molar-refractivity contribution in [3.8, 4) is 0 Å². The summed E-state index contributed by atoms with van der Waals surface area (Å²) in [4.78, 5) is 27.3. The van der Waals surface area contributed by atoms with E-state index in [-0.39, 0.29) is 18.3 Å². The van der Waals surface area contributed by atoms with Gasteiger partial charge in [0.25, 0.3) is 0 Å². The number of methoxy groups -OCH3 is 1. The average Bonchev–Trinajstić information content (AvgIpc) is 2.63. The Morgan fingerprint density at radius 2 is 1.95 bits per heavy atom. The van der Waals surface area contributed by atoms with Crippen molar-refractivity contribution in [2.24, 2.45) is 0 Å². The molecule has 1 amide bonds. The number of esters is 1. The van der Waals surface area contributed by atoms with E-state index in [1.165, 1.54) is 7.11 Å². The second kappa shape index (κ2) is 7.22. The molecule has 1 aromatic carbocycles. The van der Waals surface area contributed by atoms with E-state index in [4.69, 9.17) is 4.74 Å². The second-order valence-corrected chi connectivity index (χ2v) is 5.40. The molecule has 1 saturated heterocycles. The monoisotopic (exact) mass is 290 g/mol. The summed E-state index contributed by atoms with van der Waals surface area (Å²) < 4.78 is 4.74. The molecule has 0 atom stereocenters. The molecule has 1 aliphatic rings. The fraction of sp³-hybridized carbons (Fsp3) is 0.500. The SMILES string of the molecule is COC(=O)Cc1ccccc1CN1CCCN(C)C(=O)C1. The molecular weight excluding hydrogens is 268 g/mol. The van der Waals surface area contributed by atoms with Crippen molar-refractivity contribution < 1.29 is 14.3 Å². The summed E-state index contributed by atoms with van der Waals surface area (Å²) in [5.74, 6) is -0.0907. The Labute approximate surface area is 125 Å². The molecule has 0 aliphatic carbocycles. The molecule has 1 fully saturated rings. The number of hydrogen-bond acceptors (Lipinski definition) is 4. The van der Waals surface area contributed by atoms with Crippen molar-refractivity contribution in [2.75, 3.05) is 33.8 Å². The van der Waals surface area contributed by atoms with E-state index in [0.717, 1.165) is 30.6 Å². The van der Waals surface area contributed by atoms with Crippen molar-refractivity contribution in [3.05, 3.63) is 35.4 Å². The molecule has 0 radical (unpaired) electrons. The molecule has 1 heterocycles. The first-order valence-corrected chi connectivity index (χ1v) is 7.20. The summed E-state index contributed by atoms with van der Waals surface area (Å²) in [6.07, 6.45) is 1.25. The number of nitrogens with zero attached hydrogens (tertiary/aromatic N) is 2. The highest BCUT2D eigenvalue weighted by atomic mass is 16.5. The van der Waals surface area contributed by atoms with Crippen LogP contribution in [0.5, 0.6) is 0 Å². The highest BCUT2D eigenvalue weighted by Gasteiger charge is 2.19. The van der Waals surface area contributed by atoms with Gasteiger partial charge in [-0.3, -0.25) is 14.5 Å². The third-order valence-electron chi connectivity index (χ3n) is 3.83. The van der Waals surface area contributed by atoms with Gasteiger partial charge in [0.15, 0.2) is 0 Å². The molecule has 5 nitrogen and oxygen atoms in total. The maximum Gasteiger partial charge on any atom is 0.309 e. The number of rotatable bonds is 4. The summed E-state index contributed by atoms with van der Waals surface area (Å²) >= 11 is 0. The fourth-order valence-electron chi connectivity index (χ4n) is 2.53. The van der Waals surface area contributed by atoms with Crippen molar-refractivity contribution in [1.29, 1.82) is 0 Å². The van der Waals surface area contributed by atoms with Crippen LogP contribution in [0.15, 0.2) is 24.3 Å². The lowest BCUT2D eigenvalue weighted by Crippen LogP contribution is -2.34. The van der Waals surface area contributed by atoms with Gasteiger partial charge >= 0.3 is 5.97 Å². The fourth-order valence-corrected chi connectivity index (χ4v) is 2.53. The molecule has 5 heteroatoms. The Morgan fingerprint density at radius 1 is 1.24 bits per heavy atom. The molecule has 2 rings (SSSR count).